The van der Waals surface area contributed by atoms with Crippen molar-refractivity contribution in [2.75, 3.05) is 0 Å². The van der Waals surface area contributed by atoms with E-state index in [0.717, 1.165) is 19.3 Å². The van der Waals surface area contributed by atoms with Crippen LogP contribution in [-0.4, -0.2) is 10.9 Å². The number of hydrogen-bond donors (Lipinski definition) is 2. The summed E-state index contributed by atoms with van der Waals surface area (Å²) in [4.78, 5) is 14.6. The Morgan fingerprint density at radius 1 is 1.50 bits per heavy atom. The molecule has 0 radical (unpaired) electrons. The van der Waals surface area contributed by atoms with Crippen molar-refractivity contribution < 1.29 is 4.79 Å². The lowest BCUT2D eigenvalue weighted by molar-refractivity contribution is -0.118. The SMILES string of the molecule is Cc1ccc2[nH]c3c(c2c1)CCCC3CC(N)=O. The number of nitrogens with two attached hydrogens (primary N) is 1. The highest BCUT2D eigenvalue weighted by Gasteiger charge is 2.25. The monoisotopic (exact) mass is 242 g/mol. The van der Waals surface area contributed by atoms with E-state index in [0.29, 0.717) is 6.42 Å². The van der Waals surface area contributed by atoms with Crippen LogP contribution in [0.5, 0.6) is 0 Å². The van der Waals surface area contributed by atoms with Gasteiger partial charge in [-0.05, 0) is 43.9 Å². The van der Waals surface area contributed by atoms with Crippen LogP contribution in [0, 0.1) is 6.92 Å². The minimum Gasteiger partial charge on any atom is -0.370 e. The largest absolute Gasteiger partial charge is 0.370 e. The molecule has 1 aromatic carbocycles. The van der Waals surface area contributed by atoms with E-state index in [9.17, 15) is 4.79 Å². The van der Waals surface area contributed by atoms with Gasteiger partial charge in [-0.1, -0.05) is 11.6 Å². The molecule has 0 spiro atoms. The Bertz CT molecular complexity index is 612. The number of benzene rings is 1. The molecule has 3 heteroatoms. The van der Waals surface area contributed by atoms with Gasteiger partial charge in [0, 0.05) is 28.9 Å². The minimum atomic E-state index is -0.206. The molecule has 0 fully saturated rings. The van der Waals surface area contributed by atoms with Gasteiger partial charge < -0.3 is 10.7 Å². The van der Waals surface area contributed by atoms with Crippen LogP contribution in [0.2, 0.25) is 0 Å². The van der Waals surface area contributed by atoms with E-state index in [1.165, 1.54) is 27.7 Å². The van der Waals surface area contributed by atoms with Crippen molar-refractivity contribution in [3.05, 3.63) is 35.0 Å². The van der Waals surface area contributed by atoms with Gasteiger partial charge in [-0.25, -0.2) is 0 Å². The van der Waals surface area contributed by atoms with Gasteiger partial charge >= 0.3 is 0 Å². The normalized spacial score (nSPS) is 18.8. The summed E-state index contributed by atoms with van der Waals surface area (Å²) in [6, 6.07) is 6.48. The molecule has 0 bridgehead atoms. The Morgan fingerprint density at radius 2 is 2.33 bits per heavy atom. The fraction of sp³-hybridized carbons (Fsp3) is 0.400. The van der Waals surface area contributed by atoms with Gasteiger partial charge in [0.05, 0.1) is 0 Å². The maximum Gasteiger partial charge on any atom is 0.218 e. The molecule has 0 saturated heterocycles. The minimum absolute atomic E-state index is 0.206. The smallest absolute Gasteiger partial charge is 0.218 e. The lowest BCUT2D eigenvalue weighted by Gasteiger charge is -2.21. The predicted molar refractivity (Wildman–Crippen MR) is 72.5 cm³/mol. The number of nitrogens with one attached hydrogen (secondary N) is 1. The van der Waals surface area contributed by atoms with E-state index in [1.807, 2.05) is 0 Å². The number of rotatable bonds is 2. The van der Waals surface area contributed by atoms with Crippen molar-refractivity contribution in [2.24, 2.45) is 5.73 Å². The van der Waals surface area contributed by atoms with Crippen molar-refractivity contribution in [1.82, 2.24) is 4.98 Å². The zero-order chi connectivity index (χ0) is 12.7. The number of aryl methyl sites for hydroxylation is 2. The van der Waals surface area contributed by atoms with Crippen LogP contribution in [0.4, 0.5) is 0 Å². The molecule has 0 saturated carbocycles. The predicted octanol–water partition coefficient (Wildman–Crippen LogP) is 2.77. The molecule has 1 atom stereocenters. The fourth-order valence-electron chi connectivity index (χ4n) is 3.12. The molecule has 18 heavy (non-hydrogen) atoms. The summed E-state index contributed by atoms with van der Waals surface area (Å²) in [6.07, 6.45) is 3.76. The van der Waals surface area contributed by atoms with Crippen LogP contribution in [0.1, 0.15) is 42.0 Å². The molecule has 3 N–H and O–H groups in total. The van der Waals surface area contributed by atoms with Crippen molar-refractivity contribution >= 4 is 16.8 Å². The van der Waals surface area contributed by atoms with Crippen molar-refractivity contribution in [2.45, 2.75) is 38.5 Å². The number of carbonyl (C=O) groups is 1. The molecule has 1 aliphatic carbocycles. The van der Waals surface area contributed by atoms with Crippen LogP contribution in [0.25, 0.3) is 10.9 Å². The third-order valence-corrected chi connectivity index (χ3v) is 3.93. The van der Waals surface area contributed by atoms with Gasteiger partial charge in [0.15, 0.2) is 0 Å². The van der Waals surface area contributed by atoms with Crippen LogP contribution >= 0.6 is 0 Å². The highest BCUT2D eigenvalue weighted by molar-refractivity contribution is 5.86. The summed E-state index contributed by atoms with van der Waals surface area (Å²) < 4.78 is 0. The van der Waals surface area contributed by atoms with Gasteiger partial charge in [0.25, 0.3) is 0 Å². The Morgan fingerprint density at radius 3 is 3.11 bits per heavy atom. The third kappa shape index (κ3) is 1.80. The van der Waals surface area contributed by atoms with Crippen molar-refractivity contribution in [1.29, 1.82) is 0 Å². The molecular weight excluding hydrogens is 224 g/mol. The van der Waals surface area contributed by atoms with E-state index in [1.54, 1.807) is 0 Å². The van der Waals surface area contributed by atoms with Gasteiger partial charge in [0.1, 0.15) is 0 Å². The van der Waals surface area contributed by atoms with Gasteiger partial charge in [0.2, 0.25) is 5.91 Å². The summed E-state index contributed by atoms with van der Waals surface area (Å²) >= 11 is 0. The summed E-state index contributed by atoms with van der Waals surface area (Å²) in [5.41, 5.74) is 10.4. The van der Waals surface area contributed by atoms with Gasteiger partial charge in [-0.3, -0.25) is 4.79 Å². The topological polar surface area (TPSA) is 58.9 Å². The highest BCUT2D eigenvalue weighted by Crippen LogP contribution is 2.37. The highest BCUT2D eigenvalue weighted by atomic mass is 16.1. The molecule has 1 amide bonds. The Labute approximate surface area is 106 Å². The van der Waals surface area contributed by atoms with Crippen LogP contribution in [0.15, 0.2) is 18.2 Å². The van der Waals surface area contributed by atoms with Crippen molar-refractivity contribution in [3.8, 4) is 0 Å². The quantitative estimate of drug-likeness (QED) is 0.835. The first-order valence-corrected chi connectivity index (χ1v) is 6.54. The molecular formula is C15H18N2O. The molecule has 1 aliphatic rings. The first kappa shape index (κ1) is 11.3. The summed E-state index contributed by atoms with van der Waals surface area (Å²) in [5.74, 6) is 0.0710. The van der Waals surface area contributed by atoms with Crippen molar-refractivity contribution in [3.63, 3.8) is 0 Å². The van der Waals surface area contributed by atoms with E-state index in [4.69, 9.17) is 5.73 Å². The van der Waals surface area contributed by atoms with E-state index < -0.39 is 0 Å². The van der Waals surface area contributed by atoms with Crippen LogP contribution in [0.3, 0.4) is 0 Å². The maximum atomic E-state index is 11.2. The number of hydrogen-bond acceptors (Lipinski definition) is 1. The van der Waals surface area contributed by atoms with Crippen LogP contribution < -0.4 is 5.73 Å². The zero-order valence-corrected chi connectivity index (χ0v) is 10.6. The number of carbonyl (C=O) groups excluding carboxylic acids is 1. The van der Waals surface area contributed by atoms with Gasteiger partial charge in [-0.2, -0.15) is 0 Å². The Kier molecular flexibility index (Phi) is 2.62. The molecule has 0 aliphatic heterocycles. The average molecular weight is 242 g/mol. The lowest BCUT2D eigenvalue weighted by atomic mass is 9.84. The number of amides is 1. The first-order chi connectivity index (χ1) is 8.65. The zero-order valence-electron chi connectivity index (χ0n) is 10.6. The number of aromatic nitrogens is 1. The summed E-state index contributed by atoms with van der Waals surface area (Å²) in [6.45, 7) is 2.11. The number of fused-ring (bicyclic) bond motifs is 3. The molecule has 1 heterocycles. The first-order valence-electron chi connectivity index (χ1n) is 6.54. The fourth-order valence-corrected chi connectivity index (χ4v) is 3.12. The molecule has 3 nitrogen and oxygen atoms in total. The second kappa shape index (κ2) is 4.16. The molecule has 3 rings (SSSR count). The Balaban J connectivity index is 2.12. The van der Waals surface area contributed by atoms with Gasteiger partial charge in [-0.15, -0.1) is 0 Å². The molecule has 1 aromatic heterocycles. The van der Waals surface area contributed by atoms with E-state index >= 15 is 0 Å². The Hall–Kier alpha value is -1.77. The number of H-pyrrole nitrogens is 1. The average Bonchev–Trinajstić information content (AvgIpc) is 2.68. The molecule has 2 aromatic rings. The second-order valence-corrected chi connectivity index (χ2v) is 5.33. The van der Waals surface area contributed by atoms with E-state index in [2.05, 4.69) is 30.1 Å². The van der Waals surface area contributed by atoms with E-state index in [-0.39, 0.29) is 11.8 Å². The number of aromatic amines is 1. The standard InChI is InChI=1S/C15H18N2O/c1-9-5-6-13-12(7-9)11-4-2-3-10(8-14(16)18)15(11)17-13/h5-7,10,17H,2-4,8H2,1H3,(H2,16,18). The summed E-state index contributed by atoms with van der Waals surface area (Å²) in [5, 5.41) is 1.32. The third-order valence-electron chi connectivity index (χ3n) is 3.93. The lowest BCUT2D eigenvalue weighted by Crippen LogP contribution is -2.18. The second-order valence-electron chi connectivity index (χ2n) is 5.33. The van der Waals surface area contributed by atoms with Crippen LogP contribution in [-0.2, 0) is 11.2 Å². The molecule has 1 unspecified atom stereocenters. The molecule has 94 valence electrons. The summed E-state index contributed by atoms with van der Waals surface area (Å²) in [7, 11) is 0. The number of primary amides is 1. The maximum absolute atomic E-state index is 11.2.